The van der Waals surface area contributed by atoms with Crippen molar-refractivity contribution < 1.29 is 0 Å². The standard InChI is InChI=1S/C13H30P.HI/c1-5-8-11-14(4,12-9-6-2)13-10-7-3;/h5-13H2,1-4H3;1H/q+1;. The molecule has 0 aliphatic heterocycles. The van der Waals surface area contributed by atoms with Gasteiger partial charge in [-0.3, -0.25) is 0 Å². The fourth-order valence-electron chi connectivity index (χ4n) is 1.95. The number of hydrogen-bond donors (Lipinski definition) is 0. The minimum Gasteiger partial charge on any atom is -0.107 e. The van der Waals surface area contributed by atoms with Crippen molar-refractivity contribution in [1.82, 2.24) is 0 Å². The maximum atomic E-state index is 2.62. The third-order valence-electron chi connectivity index (χ3n) is 3.15. The molecule has 0 bridgehead atoms. The Balaban J connectivity index is 0. The lowest BCUT2D eigenvalue weighted by atomic mass is 10.4. The molecule has 94 valence electrons. The highest BCUT2D eigenvalue weighted by atomic mass is 127. The van der Waals surface area contributed by atoms with Crippen LogP contribution in [0.5, 0.6) is 0 Å². The Kier molecular flexibility index (Phi) is 14.4. The van der Waals surface area contributed by atoms with Crippen molar-refractivity contribution in [1.29, 1.82) is 0 Å². The normalized spacial score (nSPS) is 11.2. The molecule has 0 fully saturated rings. The second-order valence-electron chi connectivity index (χ2n) is 4.85. The molecule has 0 heterocycles. The third kappa shape index (κ3) is 10.1. The number of unbranched alkanes of at least 4 members (excludes halogenated alkanes) is 3. The first-order valence-corrected chi connectivity index (χ1v) is 9.31. The van der Waals surface area contributed by atoms with Crippen LogP contribution in [0.15, 0.2) is 0 Å². The van der Waals surface area contributed by atoms with Gasteiger partial charge in [-0.2, -0.15) is 0 Å². The van der Waals surface area contributed by atoms with Gasteiger partial charge in [-0.15, -0.1) is 24.0 Å². The van der Waals surface area contributed by atoms with Crippen molar-refractivity contribution in [3.63, 3.8) is 0 Å². The average molecular weight is 345 g/mol. The minimum absolute atomic E-state index is 0. The van der Waals surface area contributed by atoms with E-state index in [1.807, 2.05) is 0 Å². The highest BCUT2D eigenvalue weighted by Gasteiger charge is 2.28. The van der Waals surface area contributed by atoms with Crippen LogP contribution in [0.2, 0.25) is 0 Å². The largest absolute Gasteiger partial charge is 0.107 e. The van der Waals surface area contributed by atoms with Crippen LogP contribution in [0.4, 0.5) is 0 Å². The smallest absolute Gasteiger partial charge is 0.0591 e. The van der Waals surface area contributed by atoms with E-state index in [-0.39, 0.29) is 24.0 Å². The van der Waals surface area contributed by atoms with Gasteiger partial charge in [0.1, 0.15) is 0 Å². The van der Waals surface area contributed by atoms with E-state index in [4.69, 9.17) is 0 Å². The van der Waals surface area contributed by atoms with E-state index >= 15 is 0 Å². The SMILES string of the molecule is CCCC[P+](C)(CCCC)CCCC.I. The molecule has 0 nitrogen and oxygen atoms in total. The Hall–Kier alpha value is 1.16. The monoisotopic (exact) mass is 345 g/mol. The molecule has 0 aromatic carbocycles. The summed E-state index contributed by atoms with van der Waals surface area (Å²) in [4.78, 5) is 0. The van der Waals surface area contributed by atoms with E-state index in [0.717, 1.165) is 0 Å². The van der Waals surface area contributed by atoms with Crippen molar-refractivity contribution in [2.24, 2.45) is 0 Å². The molecule has 0 aliphatic rings. The molecule has 2 heteroatoms. The van der Waals surface area contributed by atoms with Gasteiger partial charge in [0, 0.05) is 13.9 Å². The summed E-state index contributed by atoms with van der Waals surface area (Å²) in [6, 6.07) is 0. The minimum atomic E-state index is -0.519. The molecule has 0 atom stereocenters. The second-order valence-corrected chi connectivity index (χ2v) is 9.43. The van der Waals surface area contributed by atoms with Crippen LogP contribution in [0.1, 0.15) is 59.3 Å². The fraction of sp³-hybridized carbons (Fsp3) is 1.00. The van der Waals surface area contributed by atoms with E-state index < -0.39 is 7.26 Å². The maximum absolute atomic E-state index is 2.62. The molecular formula is C13H31IP+. The Morgan fingerprint density at radius 2 is 0.933 bits per heavy atom. The first-order chi connectivity index (χ1) is 6.68. The van der Waals surface area contributed by atoms with Crippen molar-refractivity contribution in [2.45, 2.75) is 59.3 Å². The maximum Gasteiger partial charge on any atom is 0.0591 e. The molecule has 0 rings (SSSR count). The van der Waals surface area contributed by atoms with Gasteiger partial charge in [-0.25, -0.2) is 0 Å². The van der Waals surface area contributed by atoms with Crippen molar-refractivity contribution in [3.8, 4) is 0 Å². The molecule has 0 saturated heterocycles. The third-order valence-corrected chi connectivity index (χ3v) is 7.34. The summed E-state index contributed by atoms with van der Waals surface area (Å²) in [6.45, 7) is 9.59. The summed E-state index contributed by atoms with van der Waals surface area (Å²) < 4.78 is 0. The van der Waals surface area contributed by atoms with Gasteiger partial charge in [-0.05, 0) is 19.3 Å². The highest BCUT2D eigenvalue weighted by molar-refractivity contribution is 14.0. The average Bonchev–Trinajstić information content (AvgIpc) is 2.21. The zero-order valence-electron chi connectivity index (χ0n) is 11.2. The van der Waals surface area contributed by atoms with Gasteiger partial charge in [0.25, 0.3) is 0 Å². The number of hydrogen-bond acceptors (Lipinski definition) is 0. The van der Waals surface area contributed by atoms with Gasteiger partial charge < -0.3 is 0 Å². The summed E-state index contributed by atoms with van der Waals surface area (Å²) in [5.74, 6) is 0. The molecule has 0 aliphatic carbocycles. The van der Waals surface area contributed by atoms with Crippen LogP contribution < -0.4 is 0 Å². The van der Waals surface area contributed by atoms with Gasteiger partial charge in [-0.1, -0.05) is 40.0 Å². The first kappa shape index (κ1) is 18.5. The molecule has 0 N–H and O–H groups in total. The second kappa shape index (κ2) is 11.6. The van der Waals surface area contributed by atoms with Crippen LogP contribution in [-0.2, 0) is 0 Å². The quantitative estimate of drug-likeness (QED) is 0.374. The predicted octanol–water partition coefficient (Wildman–Crippen LogP) is 5.65. The van der Waals surface area contributed by atoms with Crippen LogP contribution in [0.3, 0.4) is 0 Å². The molecule has 0 aromatic rings. The highest BCUT2D eigenvalue weighted by Crippen LogP contribution is 2.57. The molecular weight excluding hydrogens is 314 g/mol. The summed E-state index contributed by atoms with van der Waals surface area (Å²) in [5.41, 5.74) is 0. The Morgan fingerprint density at radius 1 is 0.667 bits per heavy atom. The molecule has 0 saturated carbocycles. The van der Waals surface area contributed by atoms with Crippen LogP contribution >= 0.6 is 31.2 Å². The van der Waals surface area contributed by atoms with Crippen molar-refractivity contribution in [3.05, 3.63) is 0 Å². The molecule has 0 amide bonds. The van der Waals surface area contributed by atoms with Crippen LogP contribution in [0, 0.1) is 0 Å². The fourth-order valence-corrected chi connectivity index (χ4v) is 5.86. The van der Waals surface area contributed by atoms with Crippen LogP contribution in [0.25, 0.3) is 0 Å². The summed E-state index contributed by atoms with van der Waals surface area (Å²) in [6.07, 6.45) is 13.2. The van der Waals surface area contributed by atoms with E-state index in [1.165, 1.54) is 38.5 Å². The lowest BCUT2D eigenvalue weighted by Gasteiger charge is -2.22. The molecule has 0 spiro atoms. The lowest BCUT2D eigenvalue weighted by molar-refractivity contribution is 0.838. The van der Waals surface area contributed by atoms with Crippen molar-refractivity contribution >= 4 is 31.2 Å². The van der Waals surface area contributed by atoms with Gasteiger partial charge in [0.15, 0.2) is 0 Å². The van der Waals surface area contributed by atoms with Gasteiger partial charge in [0.2, 0.25) is 0 Å². The zero-order chi connectivity index (χ0) is 10.9. The molecule has 0 aromatic heterocycles. The lowest BCUT2D eigenvalue weighted by Crippen LogP contribution is -2.07. The van der Waals surface area contributed by atoms with E-state index in [2.05, 4.69) is 27.4 Å². The molecule has 0 unspecified atom stereocenters. The molecule has 0 radical (unpaired) electrons. The van der Waals surface area contributed by atoms with Crippen LogP contribution in [-0.4, -0.2) is 25.2 Å². The van der Waals surface area contributed by atoms with Crippen molar-refractivity contribution in [2.75, 3.05) is 25.2 Å². The summed E-state index contributed by atoms with van der Waals surface area (Å²) in [5, 5.41) is 0. The van der Waals surface area contributed by atoms with Gasteiger partial charge >= 0.3 is 0 Å². The Bertz CT molecular complexity index is 104. The van der Waals surface area contributed by atoms with E-state index in [0.29, 0.717) is 0 Å². The topological polar surface area (TPSA) is 0 Å². The van der Waals surface area contributed by atoms with Gasteiger partial charge in [0.05, 0.1) is 18.5 Å². The predicted molar refractivity (Wildman–Crippen MR) is 87.6 cm³/mol. The number of halogens is 1. The summed E-state index contributed by atoms with van der Waals surface area (Å²) in [7, 11) is -0.519. The van der Waals surface area contributed by atoms with E-state index in [1.54, 1.807) is 18.5 Å². The Labute approximate surface area is 115 Å². The van der Waals surface area contributed by atoms with E-state index in [9.17, 15) is 0 Å². The zero-order valence-corrected chi connectivity index (χ0v) is 14.4. The Morgan fingerprint density at radius 3 is 1.13 bits per heavy atom. The first-order valence-electron chi connectivity index (χ1n) is 6.52. The summed E-state index contributed by atoms with van der Waals surface area (Å²) >= 11 is 0. The molecule has 15 heavy (non-hydrogen) atoms. The number of rotatable bonds is 9.